The average Bonchev–Trinajstić information content (AvgIpc) is 2.96. The third-order valence-corrected chi connectivity index (χ3v) is 5.91. The van der Waals surface area contributed by atoms with Crippen LogP contribution in [0.15, 0.2) is 53.6 Å². The molecule has 3 aromatic carbocycles. The van der Waals surface area contributed by atoms with Crippen molar-refractivity contribution in [1.29, 1.82) is 0 Å². The Kier molecular flexibility index (Phi) is 11.2. The Morgan fingerprint density at radius 3 is 2.20 bits per heavy atom. The fourth-order valence-electron chi connectivity index (χ4n) is 3.46. The van der Waals surface area contributed by atoms with E-state index in [4.69, 9.17) is 46.9 Å². The Bertz CT molecular complexity index is 1440. The Hall–Kier alpha value is -4.48. The fourth-order valence-corrected chi connectivity index (χ4v) is 3.95. The minimum atomic E-state index is -0.685. The van der Waals surface area contributed by atoms with Crippen LogP contribution in [0.25, 0.3) is 0 Å². The topological polar surface area (TPSA) is 134 Å². The summed E-state index contributed by atoms with van der Waals surface area (Å²) in [6, 6.07) is 12.1. The molecule has 0 saturated heterocycles. The minimum Gasteiger partial charge on any atom is -0.493 e. The van der Waals surface area contributed by atoms with Gasteiger partial charge in [-0.05, 0) is 61.0 Å². The molecule has 0 saturated carbocycles. The Balaban J connectivity index is 1.61. The molecule has 0 unspecified atom stereocenters. The number of rotatable bonds is 12. The van der Waals surface area contributed by atoms with E-state index in [0.717, 1.165) is 0 Å². The van der Waals surface area contributed by atoms with Gasteiger partial charge in [-0.1, -0.05) is 23.2 Å². The summed E-state index contributed by atoms with van der Waals surface area (Å²) < 4.78 is 26.8. The number of carbonyl (C=O) groups excluding carboxylic acids is 3. The molecule has 13 heteroatoms. The van der Waals surface area contributed by atoms with Crippen LogP contribution in [0.3, 0.4) is 0 Å². The van der Waals surface area contributed by atoms with Crippen LogP contribution < -0.4 is 34.4 Å². The zero-order chi connectivity index (χ0) is 29.9. The van der Waals surface area contributed by atoms with Gasteiger partial charge in [0.2, 0.25) is 5.75 Å². The summed E-state index contributed by atoms with van der Waals surface area (Å²) in [4.78, 5) is 37.4. The smallest absolute Gasteiger partial charge is 0.345 e. The van der Waals surface area contributed by atoms with Crippen molar-refractivity contribution in [1.82, 2.24) is 10.7 Å². The van der Waals surface area contributed by atoms with Crippen LogP contribution >= 0.6 is 23.2 Å². The van der Waals surface area contributed by atoms with Crippen LogP contribution in [0.1, 0.15) is 33.2 Å². The maximum absolute atomic E-state index is 12.6. The number of hydrazone groups is 1. The first kappa shape index (κ1) is 31.1. The largest absolute Gasteiger partial charge is 0.493 e. The molecule has 2 N–H and O–H groups in total. The third-order valence-electron chi connectivity index (χ3n) is 5.36. The van der Waals surface area contributed by atoms with Crippen molar-refractivity contribution in [2.45, 2.75) is 6.92 Å². The zero-order valence-electron chi connectivity index (χ0n) is 22.6. The van der Waals surface area contributed by atoms with E-state index in [1.807, 2.05) is 0 Å². The molecule has 3 aromatic rings. The van der Waals surface area contributed by atoms with Crippen LogP contribution in [0.2, 0.25) is 10.0 Å². The number of hydrogen-bond acceptors (Lipinski definition) is 9. The number of amides is 2. The minimum absolute atomic E-state index is 0.143. The monoisotopic (exact) mass is 603 g/mol. The lowest BCUT2D eigenvalue weighted by atomic mass is 10.1. The van der Waals surface area contributed by atoms with Crippen LogP contribution in [0.5, 0.6) is 28.7 Å². The molecule has 216 valence electrons. The van der Waals surface area contributed by atoms with E-state index in [9.17, 15) is 14.4 Å². The molecule has 0 aliphatic heterocycles. The van der Waals surface area contributed by atoms with Crippen molar-refractivity contribution in [2.75, 3.05) is 34.5 Å². The van der Waals surface area contributed by atoms with Gasteiger partial charge in [-0.25, -0.2) is 10.2 Å². The average molecular weight is 604 g/mol. The summed E-state index contributed by atoms with van der Waals surface area (Å²) in [5.41, 5.74) is 3.22. The molecule has 0 spiro atoms. The quantitative estimate of drug-likeness (QED) is 0.134. The van der Waals surface area contributed by atoms with Gasteiger partial charge in [-0.3, -0.25) is 9.59 Å². The first-order chi connectivity index (χ1) is 19.7. The van der Waals surface area contributed by atoms with Crippen molar-refractivity contribution in [2.24, 2.45) is 5.10 Å². The summed E-state index contributed by atoms with van der Waals surface area (Å²) in [7, 11) is 4.31. The number of hydrogen-bond donors (Lipinski definition) is 2. The van der Waals surface area contributed by atoms with Gasteiger partial charge in [0.25, 0.3) is 11.8 Å². The molecule has 0 aromatic heterocycles. The summed E-state index contributed by atoms with van der Waals surface area (Å²) in [6.07, 6.45) is 1.36. The molecule has 11 nitrogen and oxygen atoms in total. The number of halogens is 2. The maximum atomic E-state index is 12.6. The lowest BCUT2D eigenvalue weighted by Crippen LogP contribution is -2.34. The van der Waals surface area contributed by atoms with Crippen LogP contribution in [0, 0.1) is 0 Å². The van der Waals surface area contributed by atoms with Gasteiger partial charge >= 0.3 is 5.97 Å². The maximum Gasteiger partial charge on any atom is 0.345 e. The van der Waals surface area contributed by atoms with E-state index < -0.39 is 17.8 Å². The molecule has 3 rings (SSSR count). The SMILES string of the molecule is CCOc1cc(C=NNC(=O)CNC(=O)c2cc(OC)c(OC)c(OC)c2)ccc1OC(=O)c1ccc(Cl)cc1Cl. The van der Waals surface area contributed by atoms with Crippen LogP contribution in [-0.4, -0.2) is 58.5 Å². The van der Waals surface area contributed by atoms with Gasteiger partial charge in [0.15, 0.2) is 23.0 Å². The number of carbonyl (C=O) groups is 3. The predicted octanol–water partition coefficient (Wildman–Crippen LogP) is 4.52. The number of esters is 1. The normalized spacial score (nSPS) is 10.6. The standard InChI is InChI=1S/C28H27Cl2N3O8/c1-5-40-22-10-16(6-9-21(22)41-28(36)19-8-7-18(29)13-20(19)30)14-32-33-25(34)15-31-27(35)17-11-23(37-2)26(39-4)24(12-17)38-3/h6-14H,5,15H2,1-4H3,(H,31,35)(H,33,34). The van der Waals surface area contributed by atoms with Gasteiger partial charge in [0, 0.05) is 10.6 Å². The molecule has 0 atom stereocenters. The summed E-state index contributed by atoms with van der Waals surface area (Å²) in [5, 5.41) is 6.94. The molecule has 0 aliphatic rings. The van der Waals surface area contributed by atoms with E-state index in [1.54, 1.807) is 19.1 Å². The summed E-state index contributed by atoms with van der Waals surface area (Å²) in [6.45, 7) is 1.73. The van der Waals surface area contributed by atoms with Crippen molar-refractivity contribution in [3.8, 4) is 28.7 Å². The van der Waals surface area contributed by atoms with Gasteiger partial charge in [0.05, 0.1) is 51.3 Å². The molecule has 0 fully saturated rings. The second kappa shape index (κ2) is 14.8. The lowest BCUT2D eigenvalue weighted by molar-refractivity contribution is -0.120. The van der Waals surface area contributed by atoms with Crippen LogP contribution in [-0.2, 0) is 4.79 Å². The van der Waals surface area contributed by atoms with E-state index in [2.05, 4.69) is 15.8 Å². The summed E-state index contributed by atoms with van der Waals surface area (Å²) >= 11 is 12.0. The molecule has 0 bridgehead atoms. The Labute approximate surface area is 246 Å². The van der Waals surface area contributed by atoms with E-state index in [-0.39, 0.29) is 34.2 Å². The molecule has 0 heterocycles. The van der Waals surface area contributed by atoms with Crippen LogP contribution in [0.4, 0.5) is 0 Å². The molecular weight excluding hydrogens is 577 g/mol. The third kappa shape index (κ3) is 8.26. The second-order valence-corrected chi connectivity index (χ2v) is 8.89. The van der Waals surface area contributed by atoms with Crippen molar-refractivity contribution < 1.29 is 38.1 Å². The van der Waals surface area contributed by atoms with E-state index >= 15 is 0 Å². The first-order valence-electron chi connectivity index (χ1n) is 12.0. The van der Waals surface area contributed by atoms with Crippen molar-refractivity contribution in [3.05, 3.63) is 75.3 Å². The van der Waals surface area contributed by atoms with Gasteiger partial charge in [0.1, 0.15) is 0 Å². The highest BCUT2D eigenvalue weighted by Gasteiger charge is 2.18. The lowest BCUT2D eigenvalue weighted by Gasteiger charge is -2.14. The molecule has 0 aliphatic carbocycles. The molecule has 41 heavy (non-hydrogen) atoms. The number of methoxy groups -OCH3 is 3. The van der Waals surface area contributed by atoms with E-state index in [1.165, 1.54) is 63.9 Å². The van der Waals surface area contributed by atoms with Gasteiger partial charge in [-0.15, -0.1) is 0 Å². The number of nitrogens with one attached hydrogen (secondary N) is 2. The molecule has 2 amide bonds. The highest BCUT2D eigenvalue weighted by atomic mass is 35.5. The second-order valence-electron chi connectivity index (χ2n) is 8.04. The van der Waals surface area contributed by atoms with Gasteiger partial charge in [-0.2, -0.15) is 5.10 Å². The van der Waals surface area contributed by atoms with Gasteiger partial charge < -0.3 is 29.0 Å². The van der Waals surface area contributed by atoms with Crippen molar-refractivity contribution in [3.63, 3.8) is 0 Å². The number of benzene rings is 3. The first-order valence-corrected chi connectivity index (χ1v) is 12.8. The van der Waals surface area contributed by atoms with Crippen molar-refractivity contribution >= 4 is 47.2 Å². The fraction of sp³-hybridized carbons (Fsp3) is 0.214. The number of nitrogens with zero attached hydrogens (tertiary/aromatic N) is 1. The highest BCUT2D eigenvalue weighted by Crippen LogP contribution is 2.38. The predicted molar refractivity (Wildman–Crippen MR) is 153 cm³/mol. The highest BCUT2D eigenvalue weighted by molar-refractivity contribution is 6.36. The molecular formula is C28H27Cl2N3O8. The Morgan fingerprint density at radius 1 is 0.878 bits per heavy atom. The zero-order valence-corrected chi connectivity index (χ0v) is 24.1. The summed E-state index contributed by atoms with van der Waals surface area (Å²) in [5.74, 6) is -0.415. The van der Waals surface area contributed by atoms with E-state index in [0.29, 0.717) is 34.4 Å². The Morgan fingerprint density at radius 2 is 1.59 bits per heavy atom. The molecule has 0 radical (unpaired) electrons. The number of ether oxygens (including phenoxy) is 5.